The molecule has 1 aromatic rings. The van der Waals surface area contributed by atoms with Gasteiger partial charge in [0.15, 0.2) is 6.29 Å². The van der Waals surface area contributed by atoms with Crippen LogP contribution in [-0.4, -0.2) is 65.2 Å². The zero-order valence-electron chi connectivity index (χ0n) is 15.8. The molecule has 0 aromatic heterocycles. The molecule has 0 spiro atoms. The number of aryl methyl sites for hydroxylation is 1. The molecule has 0 radical (unpaired) electrons. The van der Waals surface area contributed by atoms with Gasteiger partial charge in [0, 0.05) is 19.1 Å². The summed E-state index contributed by atoms with van der Waals surface area (Å²) in [6, 6.07) is 10.4. The van der Waals surface area contributed by atoms with E-state index in [0.717, 1.165) is 25.8 Å². The average molecular weight is 365 g/mol. The van der Waals surface area contributed by atoms with Crippen LogP contribution in [0.25, 0.3) is 0 Å². The van der Waals surface area contributed by atoms with Crippen molar-refractivity contribution in [3.63, 3.8) is 0 Å². The number of ether oxygens (including phenoxy) is 2. The molecule has 3 rings (SSSR count). The van der Waals surface area contributed by atoms with Crippen molar-refractivity contribution in [1.29, 1.82) is 0 Å². The Balaban J connectivity index is 1.48. The fraction of sp³-hybridized carbons (Fsp3) is 0.700. The van der Waals surface area contributed by atoms with Gasteiger partial charge in [-0.2, -0.15) is 0 Å². The number of benzene rings is 1. The summed E-state index contributed by atoms with van der Waals surface area (Å²) in [4.78, 5) is 0. The zero-order valence-corrected chi connectivity index (χ0v) is 15.8. The van der Waals surface area contributed by atoms with Gasteiger partial charge < -0.3 is 30.1 Å². The van der Waals surface area contributed by atoms with E-state index in [-0.39, 0.29) is 0 Å². The van der Waals surface area contributed by atoms with Crippen molar-refractivity contribution in [1.82, 2.24) is 5.32 Å². The summed E-state index contributed by atoms with van der Waals surface area (Å²) < 4.78 is 10.9. The quantitative estimate of drug-likeness (QED) is 0.510. The van der Waals surface area contributed by atoms with Crippen LogP contribution in [0.3, 0.4) is 0 Å². The maximum atomic E-state index is 11.0. The van der Waals surface area contributed by atoms with Gasteiger partial charge in [-0.3, -0.25) is 0 Å². The van der Waals surface area contributed by atoms with E-state index >= 15 is 0 Å². The van der Waals surface area contributed by atoms with E-state index in [4.69, 9.17) is 9.47 Å². The summed E-state index contributed by atoms with van der Waals surface area (Å²) in [7, 11) is 1.42. The lowest BCUT2D eigenvalue weighted by molar-refractivity contribution is -0.288. The van der Waals surface area contributed by atoms with Crippen molar-refractivity contribution in [3.8, 4) is 0 Å². The number of rotatable bonds is 8. The van der Waals surface area contributed by atoms with E-state index in [9.17, 15) is 15.3 Å². The number of aliphatic hydroxyl groups excluding tert-OH is 1. The zero-order chi connectivity index (χ0) is 19.0. The molecular weight excluding hydrogens is 334 g/mol. The van der Waals surface area contributed by atoms with Crippen molar-refractivity contribution in [2.24, 2.45) is 5.41 Å². The third-order valence-corrected chi connectivity index (χ3v) is 6.35. The number of hydrogen-bond donors (Lipinski definition) is 4. The second-order valence-corrected chi connectivity index (χ2v) is 7.98. The molecule has 1 saturated heterocycles. The molecule has 0 bridgehead atoms. The Bertz CT molecular complexity index is 609. The van der Waals surface area contributed by atoms with E-state index < -0.39 is 35.1 Å². The summed E-state index contributed by atoms with van der Waals surface area (Å²) in [6.07, 6.45) is 0.231. The number of methoxy groups -OCH3 is 1. The van der Waals surface area contributed by atoms with E-state index in [2.05, 4.69) is 17.4 Å². The molecule has 1 aromatic carbocycles. The summed E-state index contributed by atoms with van der Waals surface area (Å²) >= 11 is 0. The fourth-order valence-corrected chi connectivity index (χ4v) is 4.51. The molecule has 1 aliphatic carbocycles. The highest BCUT2D eigenvalue weighted by Crippen LogP contribution is 2.70. The third kappa shape index (κ3) is 2.80. The third-order valence-electron chi connectivity index (χ3n) is 6.35. The van der Waals surface area contributed by atoms with E-state index in [1.807, 2.05) is 18.2 Å². The van der Waals surface area contributed by atoms with Gasteiger partial charge in [-0.05, 0) is 31.4 Å². The van der Waals surface area contributed by atoms with Gasteiger partial charge in [0.25, 0.3) is 0 Å². The van der Waals surface area contributed by atoms with Crippen LogP contribution in [0.2, 0.25) is 0 Å². The number of hydrogen-bond acceptors (Lipinski definition) is 6. The van der Waals surface area contributed by atoms with Crippen LogP contribution in [0.1, 0.15) is 32.3 Å². The van der Waals surface area contributed by atoms with Gasteiger partial charge in [-0.25, -0.2) is 0 Å². The molecule has 1 aliphatic heterocycles. The molecule has 1 saturated carbocycles. The van der Waals surface area contributed by atoms with Crippen LogP contribution < -0.4 is 5.32 Å². The van der Waals surface area contributed by atoms with Crippen LogP contribution >= 0.6 is 0 Å². The van der Waals surface area contributed by atoms with Gasteiger partial charge in [-0.15, -0.1) is 0 Å². The minimum absolute atomic E-state index is 0.389. The van der Waals surface area contributed by atoms with Gasteiger partial charge in [-0.1, -0.05) is 44.2 Å². The molecule has 2 aliphatic rings. The molecule has 1 heterocycles. The maximum Gasteiger partial charge on any atom is 0.186 e. The van der Waals surface area contributed by atoms with Crippen LogP contribution in [-0.2, 0) is 15.9 Å². The fourth-order valence-electron chi connectivity index (χ4n) is 4.51. The molecule has 26 heavy (non-hydrogen) atoms. The van der Waals surface area contributed by atoms with Crippen molar-refractivity contribution < 1.29 is 24.8 Å². The minimum atomic E-state index is -1.63. The Hall–Kier alpha value is -1.02. The van der Waals surface area contributed by atoms with Gasteiger partial charge >= 0.3 is 0 Å². The van der Waals surface area contributed by atoms with Crippen molar-refractivity contribution in [3.05, 3.63) is 35.9 Å². The number of aliphatic hydroxyl groups is 3. The van der Waals surface area contributed by atoms with Gasteiger partial charge in [0.05, 0.1) is 0 Å². The Morgan fingerprint density at radius 1 is 1.12 bits per heavy atom. The lowest BCUT2D eigenvalue weighted by atomic mass is 9.99. The van der Waals surface area contributed by atoms with Crippen molar-refractivity contribution in [2.75, 3.05) is 20.2 Å². The van der Waals surface area contributed by atoms with E-state index in [1.165, 1.54) is 12.7 Å². The molecular formula is C20H31NO5. The van der Waals surface area contributed by atoms with Crippen LogP contribution in [0.15, 0.2) is 30.3 Å². The summed E-state index contributed by atoms with van der Waals surface area (Å²) in [5, 5.41) is 35.5. The van der Waals surface area contributed by atoms with Crippen LogP contribution in [0.5, 0.6) is 0 Å². The minimum Gasteiger partial charge on any atom is -0.385 e. The summed E-state index contributed by atoms with van der Waals surface area (Å²) in [5.74, 6) is 0. The number of unbranched alkanes of at least 4 members (excludes halogenated alkanes) is 1. The number of nitrogens with one attached hydrogen (secondary N) is 1. The van der Waals surface area contributed by atoms with Gasteiger partial charge in [0.2, 0.25) is 0 Å². The van der Waals surface area contributed by atoms with Crippen LogP contribution in [0.4, 0.5) is 0 Å². The predicted octanol–water partition coefficient (Wildman–Crippen LogP) is 0.833. The standard InChI is InChI=1S/C20H31NO5/c1-18(2)19(23)15(26-17(25-3)16(22)20(18,19)24)13-21-12-8-7-11-14-9-5-4-6-10-14/h4-6,9-10,15-17,21-24H,7-8,11-13H2,1-3H3/t15-,16+,17-,19-,20+/m1/s1. The first-order valence-electron chi connectivity index (χ1n) is 9.36. The lowest BCUT2D eigenvalue weighted by Crippen LogP contribution is -2.60. The second-order valence-electron chi connectivity index (χ2n) is 7.98. The van der Waals surface area contributed by atoms with Crippen molar-refractivity contribution >= 4 is 0 Å². The second kappa shape index (κ2) is 7.19. The molecule has 0 amide bonds. The first kappa shape index (κ1) is 19.7. The highest BCUT2D eigenvalue weighted by Gasteiger charge is 2.90. The average Bonchev–Trinajstić information content (AvgIpc) is 3.01. The van der Waals surface area contributed by atoms with E-state index in [1.54, 1.807) is 13.8 Å². The Morgan fingerprint density at radius 3 is 2.46 bits per heavy atom. The molecule has 6 nitrogen and oxygen atoms in total. The highest BCUT2D eigenvalue weighted by atomic mass is 16.7. The topological polar surface area (TPSA) is 91.2 Å². The Kier molecular flexibility index (Phi) is 5.45. The first-order chi connectivity index (χ1) is 12.3. The maximum absolute atomic E-state index is 11.0. The molecule has 2 fully saturated rings. The molecule has 146 valence electrons. The molecule has 0 unspecified atom stereocenters. The molecule has 4 N–H and O–H groups in total. The summed E-state index contributed by atoms with van der Waals surface area (Å²) in [5.41, 5.74) is -2.66. The van der Waals surface area contributed by atoms with Crippen molar-refractivity contribution in [2.45, 2.75) is 62.8 Å². The normalized spacial score (nSPS) is 38.0. The smallest absolute Gasteiger partial charge is 0.186 e. The Morgan fingerprint density at radius 2 is 1.81 bits per heavy atom. The number of fused-ring (bicyclic) bond motifs is 1. The molecule has 6 heteroatoms. The van der Waals surface area contributed by atoms with Crippen LogP contribution in [0, 0.1) is 5.41 Å². The SMILES string of the molecule is CO[C@@H]1O[C@H](CNCCCCc2ccccc2)[C@@]2(O)C(C)(C)[C@@]2(O)[C@H]1O. The predicted molar refractivity (Wildman–Crippen MR) is 97.6 cm³/mol. The Labute approximate surface area is 155 Å². The lowest BCUT2D eigenvalue weighted by Gasteiger charge is -2.39. The largest absolute Gasteiger partial charge is 0.385 e. The van der Waals surface area contributed by atoms with E-state index in [0.29, 0.717) is 6.54 Å². The summed E-state index contributed by atoms with van der Waals surface area (Å²) in [6.45, 7) is 4.66. The highest BCUT2D eigenvalue weighted by molar-refractivity contribution is 5.39. The first-order valence-corrected chi connectivity index (χ1v) is 9.36. The van der Waals surface area contributed by atoms with Gasteiger partial charge in [0.1, 0.15) is 23.4 Å². The molecule has 5 atom stereocenters. The monoisotopic (exact) mass is 365 g/mol.